The van der Waals surface area contributed by atoms with E-state index in [1.807, 2.05) is 82.3 Å². The van der Waals surface area contributed by atoms with Gasteiger partial charge in [0.25, 0.3) is 0 Å². The molecule has 3 rings (SSSR count). The van der Waals surface area contributed by atoms with Crippen molar-refractivity contribution in [2.45, 2.75) is 45.8 Å². The smallest absolute Gasteiger partial charge is 0.408 e. The van der Waals surface area contributed by atoms with Gasteiger partial charge in [-0.25, -0.2) is 14.8 Å². The molecule has 0 aliphatic heterocycles. The zero-order valence-electron chi connectivity index (χ0n) is 16.2. The van der Waals surface area contributed by atoms with Gasteiger partial charge in [0, 0.05) is 17.5 Å². The SMILES string of the molecule is Cc1nc([C@H](Cc2ccccc2)NC(=O)OC(C)(C)C)nc2ccccc12. The number of amides is 1. The molecule has 1 heterocycles. The molecule has 140 valence electrons. The second-order valence-electron chi connectivity index (χ2n) is 7.57. The van der Waals surface area contributed by atoms with Crippen LogP contribution in [0.25, 0.3) is 10.9 Å². The number of aryl methyl sites for hydroxylation is 1. The highest BCUT2D eigenvalue weighted by Gasteiger charge is 2.23. The molecule has 0 fully saturated rings. The number of rotatable bonds is 4. The first kappa shape index (κ1) is 18.8. The Kier molecular flexibility index (Phi) is 5.40. The zero-order valence-corrected chi connectivity index (χ0v) is 16.2. The van der Waals surface area contributed by atoms with Crippen LogP contribution in [0.3, 0.4) is 0 Å². The normalized spacial score (nSPS) is 12.6. The number of alkyl carbamates (subject to hydrolysis) is 1. The molecule has 5 nitrogen and oxygen atoms in total. The third kappa shape index (κ3) is 5.03. The van der Waals surface area contributed by atoms with Gasteiger partial charge in [-0.2, -0.15) is 0 Å². The maximum atomic E-state index is 12.4. The predicted octanol–water partition coefficient (Wildman–Crippen LogP) is 4.75. The Bertz CT molecular complexity index is 933. The Morgan fingerprint density at radius 2 is 1.70 bits per heavy atom. The third-order valence-corrected chi connectivity index (χ3v) is 4.10. The highest BCUT2D eigenvalue weighted by atomic mass is 16.6. The van der Waals surface area contributed by atoms with Gasteiger partial charge in [-0.15, -0.1) is 0 Å². The number of ether oxygens (including phenoxy) is 1. The number of hydrogen-bond acceptors (Lipinski definition) is 4. The first-order valence-corrected chi connectivity index (χ1v) is 9.08. The summed E-state index contributed by atoms with van der Waals surface area (Å²) in [5.41, 5.74) is 2.28. The Morgan fingerprint density at radius 3 is 2.41 bits per heavy atom. The molecule has 0 saturated carbocycles. The highest BCUT2D eigenvalue weighted by molar-refractivity contribution is 5.80. The van der Waals surface area contributed by atoms with E-state index in [-0.39, 0.29) is 6.04 Å². The summed E-state index contributed by atoms with van der Waals surface area (Å²) >= 11 is 0. The van der Waals surface area contributed by atoms with E-state index >= 15 is 0 Å². The van der Waals surface area contributed by atoms with E-state index in [0.29, 0.717) is 12.2 Å². The summed E-state index contributed by atoms with van der Waals surface area (Å²) in [5, 5.41) is 3.96. The van der Waals surface area contributed by atoms with E-state index in [1.165, 1.54) is 0 Å². The van der Waals surface area contributed by atoms with Crippen LogP contribution in [-0.4, -0.2) is 21.7 Å². The number of nitrogens with one attached hydrogen (secondary N) is 1. The number of carbonyl (C=O) groups excluding carboxylic acids is 1. The lowest BCUT2D eigenvalue weighted by molar-refractivity contribution is 0.0501. The van der Waals surface area contributed by atoms with Crippen molar-refractivity contribution in [3.63, 3.8) is 0 Å². The number of carbonyl (C=O) groups is 1. The maximum Gasteiger partial charge on any atom is 0.408 e. The summed E-state index contributed by atoms with van der Waals surface area (Å²) in [6, 6.07) is 17.5. The van der Waals surface area contributed by atoms with Crippen molar-refractivity contribution >= 4 is 17.0 Å². The quantitative estimate of drug-likeness (QED) is 0.727. The largest absolute Gasteiger partial charge is 0.444 e. The fourth-order valence-electron chi connectivity index (χ4n) is 2.92. The van der Waals surface area contributed by atoms with Crippen LogP contribution in [0, 0.1) is 6.92 Å². The van der Waals surface area contributed by atoms with E-state index in [2.05, 4.69) is 10.3 Å². The van der Waals surface area contributed by atoms with Gasteiger partial charge in [-0.05, 0) is 39.3 Å². The zero-order chi connectivity index (χ0) is 19.4. The summed E-state index contributed by atoms with van der Waals surface area (Å²) in [6.45, 7) is 7.49. The lowest BCUT2D eigenvalue weighted by Crippen LogP contribution is -2.36. The van der Waals surface area contributed by atoms with Crippen molar-refractivity contribution in [2.75, 3.05) is 0 Å². The van der Waals surface area contributed by atoms with Gasteiger partial charge in [0.1, 0.15) is 5.60 Å². The van der Waals surface area contributed by atoms with Crippen LogP contribution >= 0.6 is 0 Å². The lowest BCUT2D eigenvalue weighted by atomic mass is 10.0. The molecular weight excluding hydrogens is 338 g/mol. The first-order chi connectivity index (χ1) is 12.8. The molecule has 0 aliphatic carbocycles. The molecule has 0 unspecified atom stereocenters. The molecule has 2 aromatic carbocycles. The second-order valence-corrected chi connectivity index (χ2v) is 7.57. The van der Waals surface area contributed by atoms with E-state index in [9.17, 15) is 4.79 Å². The molecule has 1 atom stereocenters. The Morgan fingerprint density at radius 1 is 1.04 bits per heavy atom. The van der Waals surface area contributed by atoms with E-state index in [1.54, 1.807) is 0 Å². The molecule has 1 N–H and O–H groups in total. The Hall–Kier alpha value is -2.95. The summed E-state index contributed by atoms with van der Waals surface area (Å²) in [4.78, 5) is 21.8. The molecular formula is C22H25N3O2. The van der Waals surface area contributed by atoms with Crippen molar-refractivity contribution in [2.24, 2.45) is 0 Å². The molecule has 5 heteroatoms. The molecule has 0 spiro atoms. The van der Waals surface area contributed by atoms with Crippen LogP contribution in [0.4, 0.5) is 4.79 Å². The van der Waals surface area contributed by atoms with Gasteiger partial charge >= 0.3 is 6.09 Å². The summed E-state index contributed by atoms with van der Waals surface area (Å²) in [7, 11) is 0. The van der Waals surface area contributed by atoms with E-state index in [0.717, 1.165) is 22.2 Å². The topological polar surface area (TPSA) is 64.1 Å². The third-order valence-electron chi connectivity index (χ3n) is 4.10. The standard InChI is InChI=1S/C22H25N3O2/c1-15-17-12-8-9-13-18(17)24-20(23-15)19(14-16-10-6-5-7-11-16)25-21(26)27-22(2,3)4/h5-13,19H,14H2,1-4H3,(H,25,26)/t19-/m0/s1. The van der Waals surface area contributed by atoms with Gasteiger partial charge in [-0.1, -0.05) is 48.5 Å². The van der Waals surface area contributed by atoms with Crippen molar-refractivity contribution < 1.29 is 9.53 Å². The Labute approximate surface area is 159 Å². The van der Waals surface area contributed by atoms with Crippen molar-refractivity contribution in [3.8, 4) is 0 Å². The van der Waals surface area contributed by atoms with Crippen LogP contribution in [0.2, 0.25) is 0 Å². The number of nitrogens with zero attached hydrogens (tertiary/aromatic N) is 2. The predicted molar refractivity (Wildman–Crippen MR) is 107 cm³/mol. The molecule has 1 aromatic heterocycles. The summed E-state index contributed by atoms with van der Waals surface area (Å²) in [5.74, 6) is 0.584. The van der Waals surface area contributed by atoms with Gasteiger partial charge in [0.15, 0.2) is 5.82 Å². The maximum absolute atomic E-state index is 12.4. The van der Waals surface area contributed by atoms with Gasteiger partial charge in [-0.3, -0.25) is 0 Å². The molecule has 3 aromatic rings. The Balaban J connectivity index is 1.94. The average molecular weight is 363 g/mol. The van der Waals surface area contributed by atoms with Gasteiger partial charge in [0.05, 0.1) is 11.6 Å². The average Bonchev–Trinajstić information content (AvgIpc) is 2.60. The van der Waals surface area contributed by atoms with Crippen molar-refractivity contribution in [3.05, 3.63) is 71.7 Å². The van der Waals surface area contributed by atoms with Crippen LogP contribution < -0.4 is 5.32 Å². The van der Waals surface area contributed by atoms with E-state index in [4.69, 9.17) is 9.72 Å². The molecule has 1 amide bonds. The van der Waals surface area contributed by atoms with Crippen LogP contribution in [-0.2, 0) is 11.2 Å². The summed E-state index contributed by atoms with van der Waals surface area (Å²) in [6.07, 6.45) is 0.107. The van der Waals surface area contributed by atoms with Crippen molar-refractivity contribution in [1.29, 1.82) is 0 Å². The first-order valence-electron chi connectivity index (χ1n) is 9.08. The minimum atomic E-state index is -0.568. The minimum absolute atomic E-state index is 0.384. The number of hydrogen-bond donors (Lipinski definition) is 1. The highest BCUT2D eigenvalue weighted by Crippen LogP contribution is 2.21. The second kappa shape index (κ2) is 7.74. The van der Waals surface area contributed by atoms with Crippen LogP contribution in [0.5, 0.6) is 0 Å². The fraction of sp³-hybridized carbons (Fsp3) is 0.318. The molecule has 27 heavy (non-hydrogen) atoms. The monoisotopic (exact) mass is 363 g/mol. The van der Waals surface area contributed by atoms with Crippen LogP contribution in [0.15, 0.2) is 54.6 Å². The van der Waals surface area contributed by atoms with Gasteiger partial charge in [0.2, 0.25) is 0 Å². The van der Waals surface area contributed by atoms with Crippen LogP contribution in [0.1, 0.15) is 43.9 Å². The number of aromatic nitrogens is 2. The molecule has 0 aliphatic rings. The summed E-state index contributed by atoms with van der Waals surface area (Å²) < 4.78 is 5.44. The molecule has 0 radical (unpaired) electrons. The molecule has 0 saturated heterocycles. The van der Waals surface area contributed by atoms with Crippen molar-refractivity contribution in [1.82, 2.24) is 15.3 Å². The number of para-hydroxylation sites is 1. The molecule has 0 bridgehead atoms. The number of fused-ring (bicyclic) bond motifs is 1. The van der Waals surface area contributed by atoms with E-state index < -0.39 is 11.7 Å². The number of benzene rings is 2. The fourth-order valence-corrected chi connectivity index (χ4v) is 2.92. The lowest BCUT2D eigenvalue weighted by Gasteiger charge is -2.23. The van der Waals surface area contributed by atoms with Gasteiger partial charge < -0.3 is 10.1 Å². The minimum Gasteiger partial charge on any atom is -0.444 e.